The number of aromatic nitrogens is 4. The van der Waals surface area contributed by atoms with E-state index in [1.54, 1.807) is 6.20 Å². The fraction of sp³-hybridized carbons (Fsp3) is 0.429. The van der Waals surface area contributed by atoms with Crippen molar-refractivity contribution >= 4 is 46.3 Å². The number of carbonyl (C=O) groups is 1. The smallest absolute Gasteiger partial charge is 0.224 e. The van der Waals surface area contributed by atoms with Gasteiger partial charge in [0.05, 0.1) is 16.9 Å². The molecule has 0 radical (unpaired) electrons. The molecule has 32 heavy (non-hydrogen) atoms. The van der Waals surface area contributed by atoms with E-state index in [-0.39, 0.29) is 34.6 Å². The summed E-state index contributed by atoms with van der Waals surface area (Å²) in [5.41, 5.74) is 6.47. The minimum atomic E-state index is -0.834. The van der Waals surface area contributed by atoms with Gasteiger partial charge in [-0.25, -0.2) is 18.7 Å². The van der Waals surface area contributed by atoms with E-state index in [0.29, 0.717) is 48.7 Å². The molecule has 170 valence electrons. The van der Waals surface area contributed by atoms with Crippen LogP contribution in [0.15, 0.2) is 18.3 Å². The van der Waals surface area contributed by atoms with Crippen LogP contribution in [0.25, 0.3) is 11.2 Å². The third-order valence-electron chi connectivity index (χ3n) is 5.56. The first-order chi connectivity index (χ1) is 15.2. The number of halogens is 3. The Balaban J connectivity index is 1.78. The van der Waals surface area contributed by atoms with Crippen molar-refractivity contribution in [3.63, 3.8) is 0 Å². The molecule has 0 bridgehead atoms. The van der Waals surface area contributed by atoms with E-state index >= 15 is 0 Å². The van der Waals surface area contributed by atoms with Crippen molar-refractivity contribution in [3.05, 3.63) is 35.0 Å². The molecule has 8 nitrogen and oxygen atoms in total. The average molecular weight is 464 g/mol. The standard InChI is InChI=1S/C21H24ClF2N7O/c1-10(2)27-20-26-9-16-19(30-20)31(13-5-3-11(4-6-13)18(25)32)21(28-16)29-17-14(22)7-12(23)8-15(17)24/h7-11,13H,3-6H2,1-2H3,(H2,25,32)(H,28,29)(H,26,27,30)/t11-,13+. The first-order valence-electron chi connectivity index (χ1n) is 10.4. The van der Waals surface area contributed by atoms with Crippen molar-refractivity contribution in [2.75, 3.05) is 10.6 Å². The molecule has 0 saturated heterocycles. The number of nitrogens with one attached hydrogen (secondary N) is 2. The van der Waals surface area contributed by atoms with Crippen LogP contribution in [-0.4, -0.2) is 31.5 Å². The largest absolute Gasteiger partial charge is 0.369 e. The molecule has 1 aromatic carbocycles. The molecule has 4 rings (SSSR count). The maximum absolute atomic E-state index is 14.5. The summed E-state index contributed by atoms with van der Waals surface area (Å²) in [5, 5.41) is 5.98. The average Bonchev–Trinajstić information content (AvgIpc) is 3.07. The summed E-state index contributed by atoms with van der Waals surface area (Å²) < 4.78 is 29.8. The number of fused-ring (bicyclic) bond motifs is 1. The van der Waals surface area contributed by atoms with Crippen molar-refractivity contribution < 1.29 is 13.6 Å². The zero-order valence-electron chi connectivity index (χ0n) is 17.7. The number of anilines is 3. The minimum absolute atomic E-state index is 0.0535. The van der Waals surface area contributed by atoms with Crippen molar-refractivity contribution in [2.24, 2.45) is 11.7 Å². The first kappa shape index (κ1) is 22.2. The Morgan fingerprint density at radius 3 is 2.56 bits per heavy atom. The van der Waals surface area contributed by atoms with Crippen LogP contribution < -0.4 is 16.4 Å². The molecule has 11 heteroatoms. The molecule has 1 aliphatic carbocycles. The van der Waals surface area contributed by atoms with Crippen molar-refractivity contribution in [3.8, 4) is 0 Å². The fourth-order valence-corrected chi connectivity index (χ4v) is 4.29. The Morgan fingerprint density at radius 2 is 1.94 bits per heavy atom. The molecule has 1 aliphatic rings. The highest BCUT2D eigenvalue weighted by Gasteiger charge is 2.29. The summed E-state index contributed by atoms with van der Waals surface area (Å²) in [6.07, 6.45) is 4.20. The zero-order chi connectivity index (χ0) is 23.0. The van der Waals surface area contributed by atoms with Crippen LogP contribution in [0.1, 0.15) is 45.6 Å². The summed E-state index contributed by atoms with van der Waals surface area (Å²) in [6, 6.07) is 1.86. The first-order valence-corrected chi connectivity index (χ1v) is 10.8. The van der Waals surface area contributed by atoms with Gasteiger partial charge < -0.3 is 16.4 Å². The number of primary amides is 1. The molecular formula is C21H24ClF2N7O. The molecule has 0 unspecified atom stereocenters. The molecule has 0 aliphatic heterocycles. The lowest BCUT2D eigenvalue weighted by Gasteiger charge is -2.29. The van der Waals surface area contributed by atoms with Crippen LogP contribution in [0.4, 0.5) is 26.4 Å². The minimum Gasteiger partial charge on any atom is -0.369 e. The van der Waals surface area contributed by atoms with Crippen LogP contribution in [0, 0.1) is 17.6 Å². The number of hydrogen-bond donors (Lipinski definition) is 3. The van der Waals surface area contributed by atoms with E-state index in [0.717, 1.165) is 12.1 Å². The second-order valence-electron chi connectivity index (χ2n) is 8.28. The molecule has 3 aromatic rings. The lowest BCUT2D eigenvalue weighted by molar-refractivity contribution is -0.122. The Labute approximate surface area is 188 Å². The molecule has 1 amide bonds. The van der Waals surface area contributed by atoms with E-state index in [9.17, 15) is 13.6 Å². The third kappa shape index (κ3) is 4.45. The number of nitrogens with zero attached hydrogens (tertiary/aromatic N) is 4. The SMILES string of the molecule is CC(C)Nc1ncc2nc(Nc3c(F)cc(F)cc3Cl)n([C@H]3CC[C@@H](C(N)=O)CC3)c2n1. The molecule has 2 heterocycles. The number of nitrogens with two attached hydrogens (primary N) is 1. The van der Waals surface area contributed by atoms with Gasteiger partial charge in [0, 0.05) is 24.1 Å². The second-order valence-corrected chi connectivity index (χ2v) is 8.69. The summed E-state index contributed by atoms with van der Waals surface area (Å²) in [7, 11) is 0. The number of imidazole rings is 1. The summed E-state index contributed by atoms with van der Waals surface area (Å²) in [4.78, 5) is 25.1. The van der Waals surface area contributed by atoms with Crippen molar-refractivity contribution in [2.45, 2.75) is 51.6 Å². The molecule has 1 fully saturated rings. The monoisotopic (exact) mass is 463 g/mol. The fourth-order valence-electron chi connectivity index (χ4n) is 4.04. The second kappa shape index (κ2) is 8.85. The number of hydrogen-bond acceptors (Lipinski definition) is 6. The highest BCUT2D eigenvalue weighted by molar-refractivity contribution is 6.33. The predicted octanol–water partition coefficient (Wildman–Crippen LogP) is 4.54. The maximum Gasteiger partial charge on any atom is 0.224 e. The molecule has 0 spiro atoms. The van der Waals surface area contributed by atoms with Gasteiger partial charge in [-0.05, 0) is 45.6 Å². The van der Waals surface area contributed by atoms with E-state index in [2.05, 4.69) is 25.6 Å². The topological polar surface area (TPSA) is 111 Å². The van der Waals surface area contributed by atoms with Crippen LogP contribution in [0.5, 0.6) is 0 Å². The van der Waals surface area contributed by atoms with Gasteiger partial charge in [0.1, 0.15) is 11.3 Å². The van der Waals surface area contributed by atoms with Crippen LogP contribution >= 0.6 is 11.6 Å². The highest BCUT2D eigenvalue weighted by Crippen LogP contribution is 2.38. The third-order valence-corrected chi connectivity index (χ3v) is 5.86. The summed E-state index contributed by atoms with van der Waals surface area (Å²) >= 11 is 6.09. The molecular weight excluding hydrogens is 440 g/mol. The quantitative estimate of drug-likeness (QED) is 0.495. The van der Waals surface area contributed by atoms with Gasteiger partial charge in [0.15, 0.2) is 11.5 Å². The molecule has 2 aromatic heterocycles. The van der Waals surface area contributed by atoms with E-state index < -0.39 is 11.6 Å². The van der Waals surface area contributed by atoms with Crippen LogP contribution in [0.2, 0.25) is 5.02 Å². The Morgan fingerprint density at radius 1 is 1.22 bits per heavy atom. The van der Waals surface area contributed by atoms with E-state index in [4.69, 9.17) is 17.3 Å². The Hall–Kier alpha value is -3.01. The van der Waals surface area contributed by atoms with E-state index in [1.807, 2.05) is 18.4 Å². The predicted molar refractivity (Wildman–Crippen MR) is 119 cm³/mol. The van der Waals surface area contributed by atoms with E-state index in [1.165, 1.54) is 0 Å². The zero-order valence-corrected chi connectivity index (χ0v) is 18.5. The van der Waals surface area contributed by atoms with Gasteiger partial charge in [-0.2, -0.15) is 4.98 Å². The normalized spacial score (nSPS) is 18.8. The lowest BCUT2D eigenvalue weighted by Crippen LogP contribution is -2.28. The molecule has 0 atom stereocenters. The van der Waals surface area contributed by atoms with Gasteiger partial charge >= 0.3 is 0 Å². The number of benzene rings is 1. The van der Waals surface area contributed by atoms with Gasteiger partial charge in [0.25, 0.3) is 0 Å². The Bertz CT molecular complexity index is 1140. The van der Waals surface area contributed by atoms with Crippen molar-refractivity contribution in [1.82, 2.24) is 19.5 Å². The van der Waals surface area contributed by atoms with Crippen molar-refractivity contribution in [1.29, 1.82) is 0 Å². The molecule has 4 N–H and O–H groups in total. The van der Waals surface area contributed by atoms with Gasteiger partial charge in [-0.15, -0.1) is 0 Å². The number of amides is 1. The number of carbonyl (C=O) groups excluding carboxylic acids is 1. The van der Waals surface area contributed by atoms with Gasteiger partial charge in [0.2, 0.25) is 17.8 Å². The van der Waals surface area contributed by atoms with Gasteiger partial charge in [-0.1, -0.05) is 11.6 Å². The highest BCUT2D eigenvalue weighted by atomic mass is 35.5. The lowest BCUT2D eigenvalue weighted by atomic mass is 9.85. The van der Waals surface area contributed by atoms with Crippen LogP contribution in [-0.2, 0) is 4.79 Å². The maximum atomic E-state index is 14.5. The van der Waals surface area contributed by atoms with Gasteiger partial charge in [-0.3, -0.25) is 9.36 Å². The van der Waals surface area contributed by atoms with Crippen LogP contribution in [0.3, 0.4) is 0 Å². The number of rotatable bonds is 6. The Kier molecular flexibility index (Phi) is 6.14. The summed E-state index contributed by atoms with van der Waals surface area (Å²) in [6.45, 7) is 3.95. The molecule has 1 saturated carbocycles. The summed E-state index contributed by atoms with van der Waals surface area (Å²) in [5.74, 6) is -1.33.